The van der Waals surface area contributed by atoms with Crippen LogP contribution in [0.1, 0.15) is 44.1 Å². The zero-order chi connectivity index (χ0) is 11.7. The van der Waals surface area contributed by atoms with E-state index in [1.807, 2.05) is 6.07 Å². The van der Waals surface area contributed by atoms with Gasteiger partial charge in [0.1, 0.15) is 0 Å². The van der Waals surface area contributed by atoms with Crippen LogP contribution >= 0.6 is 0 Å². The van der Waals surface area contributed by atoms with Gasteiger partial charge in [-0.05, 0) is 37.7 Å². The molecule has 2 nitrogen and oxygen atoms in total. The lowest BCUT2D eigenvalue weighted by Crippen LogP contribution is -2.53. The van der Waals surface area contributed by atoms with Crippen molar-refractivity contribution in [2.75, 3.05) is 0 Å². The lowest BCUT2D eigenvalue weighted by atomic mass is 9.71. The van der Waals surface area contributed by atoms with E-state index in [-0.39, 0.29) is 17.4 Å². The number of rotatable bonds is 3. The first-order chi connectivity index (χ1) is 8.30. The van der Waals surface area contributed by atoms with Gasteiger partial charge in [-0.15, -0.1) is 0 Å². The highest BCUT2D eigenvalue weighted by atomic mass is 16.2. The first-order valence-electron chi connectivity index (χ1n) is 6.68. The van der Waals surface area contributed by atoms with Crippen molar-refractivity contribution in [2.45, 2.75) is 44.1 Å². The normalized spacial score (nSPS) is 22.4. The molecule has 2 aliphatic rings. The van der Waals surface area contributed by atoms with Crippen molar-refractivity contribution in [3.05, 3.63) is 35.9 Å². The van der Waals surface area contributed by atoms with Crippen LogP contribution in [0.3, 0.4) is 0 Å². The second kappa shape index (κ2) is 4.17. The molecule has 2 saturated carbocycles. The first kappa shape index (κ1) is 10.8. The number of carbonyl (C=O) groups excluding carboxylic acids is 1. The third-order valence-corrected chi connectivity index (χ3v) is 4.37. The van der Waals surface area contributed by atoms with Gasteiger partial charge in [0.2, 0.25) is 5.91 Å². The van der Waals surface area contributed by atoms with Crippen molar-refractivity contribution in [3.63, 3.8) is 0 Å². The zero-order valence-corrected chi connectivity index (χ0v) is 10.1. The highest BCUT2D eigenvalue weighted by molar-refractivity contribution is 5.80. The van der Waals surface area contributed by atoms with Gasteiger partial charge in [0.05, 0.1) is 5.54 Å². The minimum atomic E-state index is -0.0477. The number of benzene rings is 1. The smallest absolute Gasteiger partial charge is 0.223 e. The fourth-order valence-corrected chi connectivity index (χ4v) is 2.78. The summed E-state index contributed by atoms with van der Waals surface area (Å²) < 4.78 is 0. The van der Waals surface area contributed by atoms with Gasteiger partial charge in [-0.25, -0.2) is 0 Å². The van der Waals surface area contributed by atoms with Crippen molar-refractivity contribution < 1.29 is 4.79 Å². The Labute approximate surface area is 102 Å². The van der Waals surface area contributed by atoms with E-state index in [4.69, 9.17) is 0 Å². The predicted octanol–water partition coefficient (Wildman–Crippen LogP) is 2.98. The molecule has 0 radical (unpaired) electrons. The Hall–Kier alpha value is -1.31. The maximum absolute atomic E-state index is 12.1. The summed E-state index contributed by atoms with van der Waals surface area (Å²) in [5.74, 6) is 0.566. The third kappa shape index (κ3) is 1.86. The summed E-state index contributed by atoms with van der Waals surface area (Å²) in [5, 5.41) is 3.31. The summed E-state index contributed by atoms with van der Waals surface area (Å²) in [7, 11) is 0. The van der Waals surface area contributed by atoms with Gasteiger partial charge in [-0.3, -0.25) is 4.79 Å². The topological polar surface area (TPSA) is 29.1 Å². The molecule has 0 spiro atoms. The highest BCUT2D eigenvalue weighted by Gasteiger charge is 2.41. The van der Waals surface area contributed by atoms with E-state index >= 15 is 0 Å². The molecule has 0 heterocycles. The summed E-state index contributed by atoms with van der Waals surface area (Å²) in [5.41, 5.74) is 1.23. The standard InChI is InChI=1S/C15H19NO/c17-14(12-6-4-7-12)16-15(10-5-11-15)13-8-2-1-3-9-13/h1-3,8-9,12H,4-7,10-11H2,(H,16,17). The second-order valence-corrected chi connectivity index (χ2v) is 5.42. The number of nitrogens with one attached hydrogen (secondary N) is 1. The van der Waals surface area contributed by atoms with E-state index in [0.717, 1.165) is 25.7 Å². The van der Waals surface area contributed by atoms with E-state index < -0.39 is 0 Å². The molecule has 0 atom stereocenters. The second-order valence-electron chi connectivity index (χ2n) is 5.42. The molecule has 2 aliphatic carbocycles. The minimum Gasteiger partial charge on any atom is -0.346 e. The van der Waals surface area contributed by atoms with E-state index in [0.29, 0.717) is 0 Å². The van der Waals surface area contributed by atoms with Crippen LogP contribution in [0.15, 0.2) is 30.3 Å². The van der Waals surface area contributed by atoms with Crippen LogP contribution in [0.25, 0.3) is 0 Å². The Morgan fingerprint density at radius 2 is 1.82 bits per heavy atom. The van der Waals surface area contributed by atoms with E-state index in [1.165, 1.54) is 18.4 Å². The van der Waals surface area contributed by atoms with Gasteiger partial charge >= 0.3 is 0 Å². The molecule has 2 heteroatoms. The van der Waals surface area contributed by atoms with Gasteiger partial charge in [0.25, 0.3) is 0 Å². The minimum absolute atomic E-state index is 0.0477. The van der Waals surface area contributed by atoms with Crippen LogP contribution in [0.2, 0.25) is 0 Å². The lowest BCUT2D eigenvalue weighted by molar-refractivity contribution is -0.130. The summed E-state index contributed by atoms with van der Waals surface area (Å²) in [6, 6.07) is 10.4. The molecule has 0 saturated heterocycles. The fraction of sp³-hybridized carbons (Fsp3) is 0.533. The number of hydrogen-bond donors (Lipinski definition) is 1. The average molecular weight is 229 g/mol. The molecule has 0 aliphatic heterocycles. The SMILES string of the molecule is O=C(NC1(c2ccccc2)CCC1)C1CCC1. The Morgan fingerprint density at radius 1 is 1.12 bits per heavy atom. The van der Waals surface area contributed by atoms with E-state index in [2.05, 4.69) is 29.6 Å². The quantitative estimate of drug-likeness (QED) is 0.848. The van der Waals surface area contributed by atoms with Gasteiger partial charge in [0.15, 0.2) is 0 Å². The molecule has 2 fully saturated rings. The molecule has 17 heavy (non-hydrogen) atoms. The average Bonchev–Trinajstić information content (AvgIpc) is 2.22. The van der Waals surface area contributed by atoms with Crippen LogP contribution < -0.4 is 5.32 Å². The lowest BCUT2D eigenvalue weighted by Gasteiger charge is -2.44. The monoisotopic (exact) mass is 229 g/mol. The van der Waals surface area contributed by atoms with E-state index in [9.17, 15) is 4.79 Å². The van der Waals surface area contributed by atoms with Crippen molar-refractivity contribution in [2.24, 2.45) is 5.92 Å². The number of amides is 1. The number of hydrogen-bond acceptors (Lipinski definition) is 1. The summed E-state index contributed by atoms with van der Waals surface area (Å²) in [6.07, 6.45) is 6.79. The van der Waals surface area contributed by atoms with Gasteiger partial charge in [-0.1, -0.05) is 36.8 Å². The van der Waals surface area contributed by atoms with Crippen LogP contribution in [-0.2, 0) is 10.3 Å². The molecular formula is C15H19NO. The molecule has 0 unspecified atom stereocenters. The molecule has 0 aromatic heterocycles. The van der Waals surface area contributed by atoms with Crippen LogP contribution in [0.5, 0.6) is 0 Å². The van der Waals surface area contributed by atoms with Crippen molar-refractivity contribution >= 4 is 5.91 Å². The van der Waals surface area contributed by atoms with Gasteiger partial charge in [0, 0.05) is 5.92 Å². The van der Waals surface area contributed by atoms with Crippen LogP contribution in [0.4, 0.5) is 0 Å². The Morgan fingerprint density at radius 3 is 2.29 bits per heavy atom. The Bertz CT molecular complexity index is 404. The van der Waals surface area contributed by atoms with Crippen LogP contribution in [-0.4, -0.2) is 5.91 Å². The Balaban J connectivity index is 1.76. The summed E-state index contributed by atoms with van der Waals surface area (Å²) >= 11 is 0. The molecule has 1 aromatic rings. The molecular weight excluding hydrogens is 210 g/mol. The first-order valence-corrected chi connectivity index (χ1v) is 6.68. The van der Waals surface area contributed by atoms with E-state index in [1.54, 1.807) is 0 Å². The summed E-state index contributed by atoms with van der Waals surface area (Å²) in [4.78, 5) is 12.1. The Kier molecular flexibility index (Phi) is 2.65. The molecule has 1 aromatic carbocycles. The van der Waals surface area contributed by atoms with Crippen molar-refractivity contribution in [3.8, 4) is 0 Å². The van der Waals surface area contributed by atoms with Crippen molar-refractivity contribution in [1.82, 2.24) is 5.32 Å². The molecule has 0 bridgehead atoms. The predicted molar refractivity (Wildman–Crippen MR) is 67.5 cm³/mol. The molecule has 90 valence electrons. The largest absolute Gasteiger partial charge is 0.346 e. The summed E-state index contributed by atoms with van der Waals surface area (Å²) in [6.45, 7) is 0. The highest BCUT2D eigenvalue weighted by Crippen LogP contribution is 2.42. The maximum atomic E-state index is 12.1. The molecule has 1 amide bonds. The number of carbonyl (C=O) groups is 1. The third-order valence-electron chi connectivity index (χ3n) is 4.37. The zero-order valence-electron chi connectivity index (χ0n) is 10.1. The molecule has 3 rings (SSSR count). The fourth-order valence-electron chi connectivity index (χ4n) is 2.78. The molecule has 1 N–H and O–H groups in total. The van der Waals surface area contributed by atoms with Crippen LogP contribution in [0, 0.1) is 5.92 Å². The van der Waals surface area contributed by atoms with Gasteiger partial charge < -0.3 is 5.32 Å². The van der Waals surface area contributed by atoms with Gasteiger partial charge in [-0.2, -0.15) is 0 Å². The van der Waals surface area contributed by atoms with Crippen molar-refractivity contribution in [1.29, 1.82) is 0 Å². The maximum Gasteiger partial charge on any atom is 0.223 e.